The summed E-state index contributed by atoms with van der Waals surface area (Å²) in [7, 11) is 0. The lowest BCUT2D eigenvalue weighted by Gasteiger charge is -2.35. The smallest absolute Gasteiger partial charge is 0.277 e. The first-order chi connectivity index (χ1) is 14.5. The minimum absolute atomic E-state index is 0.211. The summed E-state index contributed by atoms with van der Waals surface area (Å²) in [5, 5.41) is 2.69. The lowest BCUT2D eigenvalue weighted by Crippen LogP contribution is -2.46. The monoisotopic (exact) mass is 408 g/mol. The van der Waals surface area contributed by atoms with Gasteiger partial charge in [-0.2, -0.15) is 0 Å². The Bertz CT molecular complexity index is 1020. The van der Waals surface area contributed by atoms with E-state index in [1.807, 2.05) is 0 Å². The lowest BCUT2D eigenvalue weighted by atomic mass is 10.1. The number of benzene rings is 2. The van der Waals surface area contributed by atoms with Gasteiger partial charge in [-0.15, -0.1) is 0 Å². The SMILES string of the molecule is Cc1ccc(N2CCN(Cc3nc(C(=O)Nc4ccc(F)cc4)co3)CC2)cc1C. The van der Waals surface area contributed by atoms with E-state index in [4.69, 9.17) is 4.42 Å². The molecule has 0 atom stereocenters. The van der Waals surface area contributed by atoms with Gasteiger partial charge in [0.15, 0.2) is 5.69 Å². The normalized spacial score (nSPS) is 14.7. The van der Waals surface area contributed by atoms with Crippen molar-refractivity contribution in [3.05, 3.63) is 77.3 Å². The van der Waals surface area contributed by atoms with E-state index < -0.39 is 0 Å². The van der Waals surface area contributed by atoms with Gasteiger partial charge in [0.25, 0.3) is 5.91 Å². The number of aryl methyl sites for hydroxylation is 2. The Labute approximate surface area is 175 Å². The Hall–Kier alpha value is -3.19. The Morgan fingerprint density at radius 2 is 1.80 bits per heavy atom. The van der Waals surface area contributed by atoms with Crippen molar-refractivity contribution >= 4 is 17.3 Å². The molecular weight excluding hydrogens is 383 g/mol. The molecule has 6 nitrogen and oxygen atoms in total. The quantitative estimate of drug-likeness (QED) is 0.691. The number of rotatable bonds is 5. The largest absolute Gasteiger partial charge is 0.447 e. The van der Waals surface area contributed by atoms with E-state index in [0.29, 0.717) is 18.1 Å². The summed E-state index contributed by atoms with van der Waals surface area (Å²) in [4.78, 5) is 21.3. The average Bonchev–Trinajstić information content (AvgIpc) is 3.21. The summed E-state index contributed by atoms with van der Waals surface area (Å²) in [6.07, 6.45) is 1.36. The third-order valence-corrected chi connectivity index (χ3v) is 5.47. The standard InChI is InChI=1S/C23H25FN4O2/c1-16-3-8-20(13-17(16)2)28-11-9-27(10-12-28)14-22-26-21(15-30-22)23(29)25-19-6-4-18(24)5-7-19/h3-8,13,15H,9-12,14H2,1-2H3,(H,25,29). The van der Waals surface area contributed by atoms with Crippen LogP contribution in [-0.4, -0.2) is 42.0 Å². The van der Waals surface area contributed by atoms with Crippen molar-refractivity contribution in [3.63, 3.8) is 0 Å². The van der Waals surface area contributed by atoms with Gasteiger partial charge in [-0.25, -0.2) is 9.37 Å². The number of carbonyl (C=O) groups is 1. The van der Waals surface area contributed by atoms with Crippen molar-refractivity contribution in [1.29, 1.82) is 0 Å². The van der Waals surface area contributed by atoms with Crippen LogP contribution in [-0.2, 0) is 6.54 Å². The van der Waals surface area contributed by atoms with Crippen LogP contribution in [0.5, 0.6) is 0 Å². The summed E-state index contributed by atoms with van der Waals surface area (Å²) < 4.78 is 18.5. The first kappa shape index (κ1) is 20.1. The van der Waals surface area contributed by atoms with E-state index in [2.05, 4.69) is 52.1 Å². The van der Waals surface area contributed by atoms with Crippen LogP contribution in [0, 0.1) is 19.7 Å². The fourth-order valence-electron chi connectivity index (χ4n) is 3.49. The molecule has 1 N–H and O–H groups in total. The summed E-state index contributed by atoms with van der Waals surface area (Å²) in [6.45, 7) is 8.48. The van der Waals surface area contributed by atoms with Gasteiger partial charge < -0.3 is 14.6 Å². The first-order valence-electron chi connectivity index (χ1n) is 10.0. The summed E-state index contributed by atoms with van der Waals surface area (Å²) >= 11 is 0. The van der Waals surface area contributed by atoms with E-state index in [-0.39, 0.29) is 17.4 Å². The molecule has 30 heavy (non-hydrogen) atoms. The van der Waals surface area contributed by atoms with Crippen LogP contribution in [0.3, 0.4) is 0 Å². The molecule has 3 aromatic rings. The van der Waals surface area contributed by atoms with Gasteiger partial charge in [0.2, 0.25) is 5.89 Å². The van der Waals surface area contributed by atoms with Crippen LogP contribution >= 0.6 is 0 Å². The maximum Gasteiger partial charge on any atom is 0.277 e. The molecule has 0 saturated carbocycles. The van der Waals surface area contributed by atoms with Crippen LogP contribution in [0.2, 0.25) is 0 Å². The molecule has 1 fully saturated rings. The second kappa shape index (κ2) is 8.67. The molecule has 4 rings (SSSR count). The summed E-state index contributed by atoms with van der Waals surface area (Å²) in [5.74, 6) is -0.218. The number of amides is 1. The van der Waals surface area contributed by atoms with Crippen LogP contribution in [0.15, 0.2) is 53.1 Å². The summed E-state index contributed by atoms with van der Waals surface area (Å²) in [6, 6.07) is 12.2. The molecular formula is C23H25FN4O2. The molecule has 0 spiro atoms. The molecule has 2 heterocycles. The molecule has 156 valence electrons. The molecule has 0 unspecified atom stereocenters. The molecule has 0 aliphatic carbocycles. The van der Waals surface area contributed by atoms with Gasteiger partial charge in [-0.05, 0) is 61.4 Å². The number of carbonyl (C=O) groups excluding carboxylic acids is 1. The molecule has 7 heteroatoms. The number of halogens is 1. The fourth-order valence-corrected chi connectivity index (χ4v) is 3.49. The number of piperazine rings is 1. The minimum atomic E-state index is -0.379. The second-order valence-corrected chi connectivity index (χ2v) is 7.62. The van der Waals surface area contributed by atoms with Gasteiger partial charge in [0.1, 0.15) is 12.1 Å². The van der Waals surface area contributed by atoms with Crippen LogP contribution in [0.4, 0.5) is 15.8 Å². The van der Waals surface area contributed by atoms with Gasteiger partial charge in [0.05, 0.1) is 6.54 Å². The van der Waals surface area contributed by atoms with Crippen molar-refractivity contribution < 1.29 is 13.6 Å². The molecule has 0 radical (unpaired) electrons. The third-order valence-electron chi connectivity index (χ3n) is 5.47. The second-order valence-electron chi connectivity index (χ2n) is 7.62. The van der Waals surface area contributed by atoms with Crippen molar-refractivity contribution in [2.24, 2.45) is 0 Å². The third kappa shape index (κ3) is 4.68. The molecule has 1 aromatic heterocycles. The Morgan fingerprint density at radius 3 is 2.50 bits per heavy atom. The van der Waals surface area contributed by atoms with E-state index >= 15 is 0 Å². The minimum Gasteiger partial charge on any atom is -0.447 e. The van der Waals surface area contributed by atoms with Crippen molar-refractivity contribution in [2.45, 2.75) is 20.4 Å². The first-order valence-corrected chi connectivity index (χ1v) is 10.0. The molecule has 2 aromatic carbocycles. The highest BCUT2D eigenvalue weighted by Crippen LogP contribution is 2.21. The van der Waals surface area contributed by atoms with Gasteiger partial charge in [-0.3, -0.25) is 9.69 Å². The van der Waals surface area contributed by atoms with E-state index in [1.165, 1.54) is 47.3 Å². The Kier molecular flexibility index (Phi) is 5.81. The molecule has 1 aliphatic heterocycles. The molecule has 0 bridgehead atoms. The van der Waals surface area contributed by atoms with Crippen LogP contribution < -0.4 is 10.2 Å². The van der Waals surface area contributed by atoms with Crippen LogP contribution in [0.25, 0.3) is 0 Å². The zero-order chi connectivity index (χ0) is 21.1. The maximum atomic E-state index is 13.0. The van der Waals surface area contributed by atoms with Gasteiger partial charge in [-0.1, -0.05) is 6.07 Å². The van der Waals surface area contributed by atoms with Crippen molar-refractivity contribution in [3.8, 4) is 0 Å². The number of nitrogens with zero attached hydrogens (tertiary/aromatic N) is 3. The Morgan fingerprint density at radius 1 is 1.07 bits per heavy atom. The van der Waals surface area contributed by atoms with Crippen molar-refractivity contribution in [1.82, 2.24) is 9.88 Å². The maximum absolute atomic E-state index is 13.0. The predicted octanol–water partition coefficient (Wildman–Crippen LogP) is 4.01. The van der Waals surface area contributed by atoms with Crippen LogP contribution in [0.1, 0.15) is 27.5 Å². The average molecular weight is 408 g/mol. The summed E-state index contributed by atoms with van der Waals surface area (Å²) in [5.41, 5.74) is 4.59. The highest BCUT2D eigenvalue weighted by atomic mass is 19.1. The van der Waals surface area contributed by atoms with E-state index in [1.54, 1.807) is 0 Å². The topological polar surface area (TPSA) is 61.6 Å². The van der Waals surface area contributed by atoms with Crippen molar-refractivity contribution in [2.75, 3.05) is 36.4 Å². The number of hydrogen-bond acceptors (Lipinski definition) is 5. The zero-order valence-corrected chi connectivity index (χ0v) is 17.2. The Balaban J connectivity index is 1.30. The zero-order valence-electron chi connectivity index (χ0n) is 17.2. The predicted molar refractivity (Wildman–Crippen MR) is 114 cm³/mol. The molecule has 1 amide bonds. The highest BCUT2D eigenvalue weighted by molar-refractivity contribution is 6.02. The van der Waals surface area contributed by atoms with Gasteiger partial charge in [0, 0.05) is 37.6 Å². The number of nitrogens with one attached hydrogen (secondary N) is 1. The van der Waals surface area contributed by atoms with E-state index in [9.17, 15) is 9.18 Å². The molecule has 1 saturated heterocycles. The molecule has 1 aliphatic rings. The fraction of sp³-hybridized carbons (Fsp3) is 0.304. The van der Waals surface area contributed by atoms with E-state index in [0.717, 1.165) is 26.2 Å². The number of aromatic nitrogens is 1. The lowest BCUT2D eigenvalue weighted by molar-refractivity contribution is 0.102. The highest BCUT2D eigenvalue weighted by Gasteiger charge is 2.20. The number of hydrogen-bond donors (Lipinski definition) is 1. The van der Waals surface area contributed by atoms with Gasteiger partial charge >= 0.3 is 0 Å². The number of oxazole rings is 1. The number of anilines is 2.